The van der Waals surface area contributed by atoms with Gasteiger partial charge < -0.3 is 0 Å². The number of aryl methyl sites for hydroxylation is 4. The number of nitrogens with zero attached hydrogens (tertiary/aromatic N) is 2. The van der Waals surface area contributed by atoms with Crippen LogP contribution in [0.1, 0.15) is 40.0 Å². The van der Waals surface area contributed by atoms with Gasteiger partial charge in [0.2, 0.25) is 0 Å². The second kappa shape index (κ2) is 8.45. The third kappa shape index (κ3) is 3.95. The van der Waals surface area contributed by atoms with E-state index in [9.17, 15) is 4.79 Å². The van der Waals surface area contributed by atoms with Crippen LogP contribution in [0.5, 0.6) is 0 Å². The van der Waals surface area contributed by atoms with E-state index in [0.717, 1.165) is 46.1 Å². The molecule has 6 heteroatoms. The minimum atomic E-state index is 0.0364. The number of aromatic nitrogens is 2. The number of fused-ring (bicyclic) bond motifs is 3. The first-order valence-corrected chi connectivity index (χ1v) is 12.7. The van der Waals surface area contributed by atoms with E-state index in [4.69, 9.17) is 16.6 Å². The Kier molecular flexibility index (Phi) is 5.67. The van der Waals surface area contributed by atoms with Gasteiger partial charge in [0.25, 0.3) is 5.56 Å². The molecule has 0 unspecified atom stereocenters. The molecule has 2 aromatic heterocycles. The average Bonchev–Trinajstić information content (AvgIpc) is 3.14. The molecule has 4 aromatic rings. The molecule has 1 aliphatic rings. The zero-order valence-corrected chi connectivity index (χ0v) is 20.0. The summed E-state index contributed by atoms with van der Waals surface area (Å²) in [5.41, 5.74) is 5.86. The van der Waals surface area contributed by atoms with Gasteiger partial charge in [-0.2, -0.15) is 0 Å². The molecule has 0 amide bonds. The van der Waals surface area contributed by atoms with Crippen molar-refractivity contribution in [2.75, 3.05) is 0 Å². The summed E-state index contributed by atoms with van der Waals surface area (Å²) in [6.45, 7) is 4.26. The molecule has 0 aliphatic heterocycles. The van der Waals surface area contributed by atoms with Crippen molar-refractivity contribution in [3.05, 3.63) is 85.0 Å². The van der Waals surface area contributed by atoms with Crippen LogP contribution in [0, 0.1) is 13.8 Å². The predicted molar refractivity (Wildman–Crippen MR) is 132 cm³/mol. The van der Waals surface area contributed by atoms with Gasteiger partial charge in [-0.05, 0) is 86.1 Å². The maximum absolute atomic E-state index is 13.8. The topological polar surface area (TPSA) is 34.9 Å². The highest BCUT2D eigenvalue weighted by atomic mass is 35.5. The summed E-state index contributed by atoms with van der Waals surface area (Å²) in [7, 11) is 0. The molecule has 2 aromatic carbocycles. The fraction of sp³-hybridized carbons (Fsp3) is 0.280. The molecule has 0 radical (unpaired) electrons. The van der Waals surface area contributed by atoms with Gasteiger partial charge in [-0.3, -0.25) is 9.36 Å². The summed E-state index contributed by atoms with van der Waals surface area (Å²) in [6, 6.07) is 14.0. The second-order valence-electron chi connectivity index (χ2n) is 8.11. The molecule has 5 rings (SSSR count). The summed E-state index contributed by atoms with van der Waals surface area (Å²) in [4.78, 5) is 21.0. The molecule has 1 aliphatic carbocycles. The number of thioether (sulfide) groups is 1. The lowest BCUT2D eigenvalue weighted by Crippen LogP contribution is -2.22. The maximum Gasteiger partial charge on any atom is 0.267 e. The van der Waals surface area contributed by atoms with Crippen LogP contribution in [-0.4, -0.2) is 9.55 Å². The molecule has 0 spiro atoms. The van der Waals surface area contributed by atoms with Gasteiger partial charge in [0, 0.05) is 15.7 Å². The van der Waals surface area contributed by atoms with Gasteiger partial charge in [-0.15, -0.1) is 11.3 Å². The summed E-state index contributed by atoms with van der Waals surface area (Å²) < 4.78 is 1.77. The summed E-state index contributed by atoms with van der Waals surface area (Å²) >= 11 is 9.43. The molecule has 0 saturated carbocycles. The van der Waals surface area contributed by atoms with E-state index >= 15 is 0 Å². The zero-order chi connectivity index (χ0) is 21.5. The van der Waals surface area contributed by atoms with Crippen molar-refractivity contribution >= 4 is 44.9 Å². The molecule has 3 nitrogen and oxygen atoms in total. The van der Waals surface area contributed by atoms with Gasteiger partial charge in [0.15, 0.2) is 5.16 Å². The molecular formula is C25H23ClN2OS2. The number of halogens is 1. The van der Waals surface area contributed by atoms with Crippen molar-refractivity contribution in [3.8, 4) is 5.69 Å². The SMILES string of the molecule is Cc1ccc(CSc2nc3sc4c(c3c(=O)n2-c2ccc(Cl)cc2)CCCC4)cc1C. The number of hydrogen-bond acceptors (Lipinski definition) is 4. The van der Waals surface area contributed by atoms with Crippen molar-refractivity contribution in [1.29, 1.82) is 0 Å². The largest absolute Gasteiger partial charge is 0.268 e. The van der Waals surface area contributed by atoms with E-state index < -0.39 is 0 Å². The lowest BCUT2D eigenvalue weighted by Gasteiger charge is -2.14. The Labute approximate surface area is 195 Å². The second-order valence-corrected chi connectivity index (χ2v) is 10.6. The van der Waals surface area contributed by atoms with Crippen molar-refractivity contribution in [2.45, 2.75) is 50.4 Å². The van der Waals surface area contributed by atoms with Crippen LogP contribution in [0.4, 0.5) is 0 Å². The third-order valence-corrected chi connectivity index (χ3v) is 8.43. The zero-order valence-electron chi connectivity index (χ0n) is 17.6. The number of thiophene rings is 1. The molecule has 0 saturated heterocycles. The molecule has 0 N–H and O–H groups in total. The van der Waals surface area contributed by atoms with E-state index in [0.29, 0.717) is 5.02 Å². The van der Waals surface area contributed by atoms with Crippen molar-refractivity contribution in [2.24, 2.45) is 0 Å². The van der Waals surface area contributed by atoms with Crippen LogP contribution in [-0.2, 0) is 18.6 Å². The first-order chi connectivity index (χ1) is 15.0. The van der Waals surface area contributed by atoms with E-state index in [2.05, 4.69) is 32.0 Å². The van der Waals surface area contributed by atoms with Gasteiger partial charge in [0.1, 0.15) is 4.83 Å². The van der Waals surface area contributed by atoms with Gasteiger partial charge in [0.05, 0.1) is 11.1 Å². The first kappa shape index (κ1) is 20.8. The summed E-state index contributed by atoms with van der Waals surface area (Å²) in [5.74, 6) is 0.762. The summed E-state index contributed by atoms with van der Waals surface area (Å²) in [5, 5.41) is 2.20. The molecular weight excluding hydrogens is 444 g/mol. The molecule has 31 heavy (non-hydrogen) atoms. The summed E-state index contributed by atoms with van der Waals surface area (Å²) in [6.07, 6.45) is 4.37. The molecule has 158 valence electrons. The minimum absolute atomic E-state index is 0.0364. The van der Waals surface area contributed by atoms with Crippen LogP contribution in [0.15, 0.2) is 52.4 Å². The van der Waals surface area contributed by atoms with Crippen LogP contribution >= 0.6 is 34.7 Å². The van der Waals surface area contributed by atoms with Crippen molar-refractivity contribution in [1.82, 2.24) is 9.55 Å². The quantitative estimate of drug-likeness (QED) is 0.242. The Bertz CT molecular complexity index is 1340. The molecule has 0 fully saturated rings. The fourth-order valence-corrected chi connectivity index (χ4v) is 6.53. The van der Waals surface area contributed by atoms with Crippen LogP contribution in [0.2, 0.25) is 5.02 Å². The third-order valence-electron chi connectivity index (χ3n) is 5.98. The van der Waals surface area contributed by atoms with Gasteiger partial charge in [-0.1, -0.05) is 41.6 Å². The van der Waals surface area contributed by atoms with Crippen LogP contribution < -0.4 is 5.56 Å². The predicted octanol–water partition coefficient (Wildman–Crippen LogP) is 6.89. The highest BCUT2D eigenvalue weighted by molar-refractivity contribution is 7.98. The number of benzene rings is 2. The highest BCUT2D eigenvalue weighted by Gasteiger charge is 2.23. The first-order valence-electron chi connectivity index (χ1n) is 10.5. The average molecular weight is 467 g/mol. The lowest BCUT2D eigenvalue weighted by atomic mass is 9.97. The Morgan fingerprint density at radius 1 is 1.06 bits per heavy atom. The highest BCUT2D eigenvalue weighted by Crippen LogP contribution is 2.35. The lowest BCUT2D eigenvalue weighted by molar-refractivity contribution is 0.699. The van der Waals surface area contributed by atoms with E-state index in [-0.39, 0.29) is 5.56 Å². The van der Waals surface area contributed by atoms with Crippen LogP contribution in [0.3, 0.4) is 0 Å². The Morgan fingerprint density at radius 2 is 1.84 bits per heavy atom. The number of hydrogen-bond donors (Lipinski definition) is 0. The van der Waals surface area contributed by atoms with Gasteiger partial charge >= 0.3 is 0 Å². The fourth-order valence-electron chi connectivity index (χ4n) is 4.14. The van der Waals surface area contributed by atoms with E-state index in [1.807, 2.05) is 24.3 Å². The maximum atomic E-state index is 13.8. The van der Waals surface area contributed by atoms with Crippen molar-refractivity contribution < 1.29 is 0 Å². The monoisotopic (exact) mass is 466 g/mol. The van der Waals surface area contributed by atoms with Crippen LogP contribution in [0.25, 0.3) is 15.9 Å². The molecule has 0 atom stereocenters. The Hall–Kier alpha value is -2.08. The minimum Gasteiger partial charge on any atom is -0.268 e. The standard InChI is InChI=1S/C25H23ClN2OS2/c1-15-7-8-17(13-16(15)2)14-30-25-27-23-22(20-5-3-4-6-21(20)31-23)24(29)28(25)19-11-9-18(26)10-12-19/h7-13H,3-6,14H2,1-2H3. The van der Waals surface area contributed by atoms with Gasteiger partial charge in [-0.25, -0.2) is 4.98 Å². The normalized spacial score (nSPS) is 13.5. The van der Waals surface area contributed by atoms with E-state index in [1.54, 1.807) is 27.7 Å². The Balaban J connectivity index is 1.64. The van der Waals surface area contributed by atoms with Crippen molar-refractivity contribution in [3.63, 3.8) is 0 Å². The Morgan fingerprint density at radius 3 is 2.61 bits per heavy atom. The number of rotatable bonds is 4. The molecule has 0 bridgehead atoms. The molecule has 2 heterocycles. The van der Waals surface area contributed by atoms with E-state index in [1.165, 1.54) is 33.6 Å². The smallest absolute Gasteiger partial charge is 0.267 e.